The average molecular weight is 259 g/mol. The van der Waals surface area contributed by atoms with Crippen LogP contribution in [0.5, 0.6) is 0 Å². The van der Waals surface area contributed by atoms with Crippen LogP contribution >= 0.6 is 0 Å². The van der Waals surface area contributed by atoms with Crippen LogP contribution in [-0.2, 0) is 6.18 Å². The Labute approximate surface area is 107 Å². The molecular formula is C14H20F3N. The Balaban J connectivity index is 2.90. The molecule has 0 fully saturated rings. The van der Waals surface area contributed by atoms with E-state index < -0.39 is 11.7 Å². The Morgan fingerprint density at radius 3 is 2.33 bits per heavy atom. The predicted molar refractivity (Wildman–Crippen MR) is 68.9 cm³/mol. The van der Waals surface area contributed by atoms with Crippen molar-refractivity contribution in [3.05, 3.63) is 29.8 Å². The standard InChI is InChI=1S/C14H20F3N/c1-3-5-10-18(9-4-2)13-8-6-7-12(11-13)14(15,16)17/h6-8,11H,3-5,9-10H2,1-2H3. The number of unbranched alkanes of at least 4 members (excludes halogenated alkanes) is 1. The third-order valence-corrected chi connectivity index (χ3v) is 2.81. The fourth-order valence-electron chi connectivity index (χ4n) is 1.87. The van der Waals surface area contributed by atoms with Crippen LogP contribution in [0.15, 0.2) is 24.3 Å². The van der Waals surface area contributed by atoms with Gasteiger partial charge >= 0.3 is 6.18 Å². The zero-order valence-corrected chi connectivity index (χ0v) is 10.9. The first-order chi connectivity index (χ1) is 8.49. The minimum atomic E-state index is -4.27. The molecular weight excluding hydrogens is 239 g/mol. The summed E-state index contributed by atoms with van der Waals surface area (Å²) in [7, 11) is 0. The van der Waals surface area contributed by atoms with Crippen molar-refractivity contribution in [2.24, 2.45) is 0 Å². The fraction of sp³-hybridized carbons (Fsp3) is 0.571. The molecule has 102 valence electrons. The maximum atomic E-state index is 12.7. The topological polar surface area (TPSA) is 3.24 Å². The summed E-state index contributed by atoms with van der Waals surface area (Å²) in [6.45, 7) is 5.72. The lowest BCUT2D eigenvalue weighted by molar-refractivity contribution is -0.137. The Hall–Kier alpha value is -1.19. The van der Waals surface area contributed by atoms with E-state index in [-0.39, 0.29) is 0 Å². The number of alkyl halides is 3. The zero-order chi connectivity index (χ0) is 13.6. The third kappa shape index (κ3) is 4.24. The molecule has 0 unspecified atom stereocenters. The molecule has 0 N–H and O–H groups in total. The van der Waals surface area contributed by atoms with Crippen molar-refractivity contribution in [1.82, 2.24) is 0 Å². The number of hydrogen-bond acceptors (Lipinski definition) is 1. The second-order valence-electron chi connectivity index (χ2n) is 4.39. The molecule has 0 amide bonds. The van der Waals surface area contributed by atoms with Gasteiger partial charge in [0.15, 0.2) is 0 Å². The molecule has 1 nitrogen and oxygen atoms in total. The molecule has 1 aromatic carbocycles. The van der Waals surface area contributed by atoms with Crippen LogP contribution in [0.25, 0.3) is 0 Å². The van der Waals surface area contributed by atoms with Gasteiger partial charge in [0.05, 0.1) is 5.56 Å². The summed E-state index contributed by atoms with van der Waals surface area (Å²) in [5.41, 5.74) is 0.0951. The summed E-state index contributed by atoms with van der Waals surface area (Å²) >= 11 is 0. The highest BCUT2D eigenvalue weighted by Gasteiger charge is 2.30. The van der Waals surface area contributed by atoms with Gasteiger partial charge in [-0.05, 0) is 31.0 Å². The van der Waals surface area contributed by atoms with Crippen molar-refractivity contribution in [1.29, 1.82) is 0 Å². The number of rotatable bonds is 6. The van der Waals surface area contributed by atoms with Crippen molar-refractivity contribution in [3.8, 4) is 0 Å². The first-order valence-corrected chi connectivity index (χ1v) is 6.41. The zero-order valence-electron chi connectivity index (χ0n) is 10.9. The molecule has 1 aromatic rings. The van der Waals surface area contributed by atoms with Gasteiger partial charge in [0, 0.05) is 18.8 Å². The number of anilines is 1. The molecule has 1 rings (SSSR count). The summed E-state index contributed by atoms with van der Waals surface area (Å²) in [5.74, 6) is 0. The van der Waals surface area contributed by atoms with E-state index in [1.165, 1.54) is 12.1 Å². The van der Waals surface area contributed by atoms with Crippen molar-refractivity contribution in [3.63, 3.8) is 0 Å². The van der Waals surface area contributed by atoms with Crippen LogP contribution in [-0.4, -0.2) is 13.1 Å². The van der Waals surface area contributed by atoms with Gasteiger partial charge in [-0.25, -0.2) is 0 Å². The minimum Gasteiger partial charge on any atom is -0.372 e. The first kappa shape index (κ1) is 14.9. The number of halogens is 3. The second-order valence-corrected chi connectivity index (χ2v) is 4.39. The molecule has 0 atom stereocenters. The molecule has 0 aliphatic carbocycles. The summed E-state index contributed by atoms with van der Waals surface area (Å²) in [6.07, 6.45) is -1.30. The van der Waals surface area contributed by atoms with Gasteiger partial charge in [-0.2, -0.15) is 13.2 Å². The first-order valence-electron chi connectivity index (χ1n) is 6.41. The van der Waals surface area contributed by atoms with Crippen LogP contribution in [0.4, 0.5) is 18.9 Å². The SMILES string of the molecule is CCCCN(CCC)c1cccc(C(F)(F)F)c1. The quantitative estimate of drug-likeness (QED) is 0.714. The van der Waals surface area contributed by atoms with E-state index in [4.69, 9.17) is 0 Å². The van der Waals surface area contributed by atoms with Crippen LogP contribution < -0.4 is 4.90 Å². The number of benzene rings is 1. The van der Waals surface area contributed by atoms with Gasteiger partial charge in [-0.15, -0.1) is 0 Å². The molecule has 4 heteroatoms. The predicted octanol–water partition coefficient (Wildman–Crippen LogP) is 4.72. The summed E-state index contributed by atoms with van der Waals surface area (Å²) in [5, 5.41) is 0. The highest BCUT2D eigenvalue weighted by Crippen LogP contribution is 2.31. The molecule has 0 spiro atoms. The summed E-state index contributed by atoms with van der Waals surface area (Å²) < 4.78 is 38.0. The van der Waals surface area contributed by atoms with E-state index >= 15 is 0 Å². The summed E-state index contributed by atoms with van der Waals surface area (Å²) in [4.78, 5) is 2.03. The van der Waals surface area contributed by atoms with E-state index in [2.05, 4.69) is 6.92 Å². The van der Waals surface area contributed by atoms with E-state index in [9.17, 15) is 13.2 Å². The highest BCUT2D eigenvalue weighted by molar-refractivity contribution is 5.49. The van der Waals surface area contributed by atoms with Gasteiger partial charge < -0.3 is 4.90 Å². The Morgan fingerprint density at radius 1 is 1.06 bits per heavy atom. The molecule has 0 bridgehead atoms. The molecule has 0 radical (unpaired) electrons. The van der Waals surface area contributed by atoms with E-state index in [0.29, 0.717) is 5.69 Å². The van der Waals surface area contributed by atoms with Crippen molar-refractivity contribution in [2.45, 2.75) is 39.3 Å². The molecule has 0 saturated heterocycles. The molecule has 0 aliphatic rings. The van der Waals surface area contributed by atoms with Gasteiger partial charge in [0.1, 0.15) is 0 Å². The molecule has 18 heavy (non-hydrogen) atoms. The maximum absolute atomic E-state index is 12.7. The lowest BCUT2D eigenvalue weighted by atomic mass is 10.1. The minimum absolute atomic E-state index is 0.572. The number of nitrogens with zero attached hydrogens (tertiary/aromatic N) is 1. The summed E-state index contributed by atoms with van der Waals surface area (Å²) in [6, 6.07) is 5.59. The number of hydrogen-bond donors (Lipinski definition) is 0. The fourth-order valence-corrected chi connectivity index (χ4v) is 1.87. The van der Waals surface area contributed by atoms with Crippen LogP contribution in [0, 0.1) is 0 Å². The molecule has 0 aliphatic heterocycles. The lowest BCUT2D eigenvalue weighted by Crippen LogP contribution is -2.25. The van der Waals surface area contributed by atoms with Gasteiger partial charge in [-0.3, -0.25) is 0 Å². The normalized spacial score (nSPS) is 11.6. The largest absolute Gasteiger partial charge is 0.416 e. The van der Waals surface area contributed by atoms with Crippen LogP contribution in [0.2, 0.25) is 0 Å². The smallest absolute Gasteiger partial charge is 0.372 e. The molecule has 0 aromatic heterocycles. The Kier molecular flexibility index (Phi) is 5.51. The van der Waals surface area contributed by atoms with Crippen LogP contribution in [0.3, 0.4) is 0 Å². The van der Waals surface area contributed by atoms with E-state index in [1.54, 1.807) is 6.07 Å². The van der Waals surface area contributed by atoms with E-state index in [1.807, 2.05) is 11.8 Å². The molecule has 0 saturated carbocycles. The Bertz CT molecular complexity index is 360. The van der Waals surface area contributed by atoms with Crippen LogP contribution in [0.1, 0.15) is 38.7 Å². The Morgan fingerprint density at radius 2 is 1.78 bits per heavy atom. The third-order valence-electron chi connectivity index (χ3n) is 2.81. The monoisotopic (exact) mass is 259 g/mol. The van der Waals surface area contributed by atoms with E-state index in [0.717, 1.165) is 38.4 Å². The lowest BCUT2D eigenvalue weighted by Gasteiger charge is -2.25. The van der Waals surface area contributed by atoms with Crippen molar-refractivity contribution >= 4 is 5.69 Å². The van der Waals surface area contributed by atoms with Crippen molar-refractivity contribution in [2.75, 3.05) is 18.0 Å². The maximum Gasteiger partial charge on any atom is 0.416 e. The molecule has 0 heterocycles. The highest BCUT2D eigenvalue weighted by atomic mass is 19.4. The van der Waals surface area contributed by atoms with Gasteiger partial charge in [0.2, 0.25) is 0 Å². The average Bonchev–Trinajstić information content (AvgIpc) is 2.33. The second kappa shape index (κ2) is 6.66. The van der Waals surface area contributed by atoms with Crippen molar-refractivity contribution < 1.29 is 13.2 Å². The van der Waals surface area contributed by atoms with Gasteiger partial charge in [-0.1, -0.05) is 26.3 Å². The van der Waals surface area contributed by atoms with Gasteiger partial charge in [0.25, 0.3) is 0 Å².